The lowest BCUT2D eigenvalue weighted by molar-refractivity contribution is 0.0846. The standard InChI is InChI=1S/C46H60N6O4/c1-3-5-7-9-11-13-15-17-35-55-43-31-27-41(28-32-43)49-47-39-23-19-37(20-24-39)45(53)51-52-46(54)38-21-25-40(26-22-38)48-50-42-29-33-44(34-30-42)56-36-18-16-14-12-10-8-6-4-2/h19-34H,3-18,35-36H2,1-2H3,(H,51,53)(H,52,54). The summed E-state index contributed by atoms with van der Waals surface area (Å²) >= 11 is 0. The van der Waals surface area contributed by atoms with E-state index in [4.69, 9.17) is 9.47 Å². The third-order valence-electron chi connectivity index (χ3n) is 9.32. The largest absolute Gasteiger partial charge is 0.494 e. The van der Waals surface area contributed by atoms with Crippen LogP contribution in [0.4, 0.5) is 22.7 Å². The highest BCUT2D eigenvalue weighted by Gasteiger charge is 2.10. The number of amides is 2. The SMILES string of the molecule is CCCCCCCCCCOc1ccc(N=Nc2ccc(C(=O)NNC(=O)c3ccc(N=Nc4ccc(OCCCCCCCCCC)cc4)cc3)cc2)cc1. The Morgan fingerprint density at radius 1 is 0.393 bits per heavy atom. The van der Waals surface area contributed by atoms with Crippen molar-refractivity contribution in [1.29, 1.82) is 0 Å². The fourth-order valence-corrected chi connectivity index (χ4v) is 5.92. The summed E-state index contributed by atoms with van der Waals surface area (Å²) in [4.78, 5) is 25.3. The predicted molar refractivity (Wildman–Crippen MR) is 225 cm³/mol. The predicted octanol–water partition coefficient (Wildman–Crippen LogP) is 13.6. The molecule has 2 amide bonds. The highest BCUT2D eigenvalue weighted by Crippen LogP contribution is 2.24. The number of nitrogens with zero attached hydrogens (tertiary/aromatic N) is 4. The Hall–Kier alpha value is -5.38. The van der Waals surface area contributed by atoms with Gasteiger partial charge in [-0.2, -0.15) is 20.5 Å². The van der Waals surface area contributed by atoms with Gasteiger partial charge < -0.3 is 9.47 Å². The zero-order valence-corrected chi connectivity index (χ0v) is 33.4. The molecule has 10 nitrogen and oxygen atoms in total. The molecule has 0 spiro atoms. The van der Waals surface area contributed by atoms with E-state index >= 15 is 0 Å². The maximum Gasteiger partial charge on any atom is 0.269 e. The second-order valence-electron chi connectivity index (χ2n) is 14.0. The zero-order valence-electron chi connectivity index (χ0n) is 33.4. The van der Waals surface area contributed by atoms with Gasteiger partial charge in [0.25, 0.3) is 11.8 Å². The number of azo groups is 2. The average molecular weight is 761 g/mol. The minimum absolute atomic E-state index is 0.362. The molecule has 0 unspecified atom stereocenters. The molecular weight excluding hydrogens is 701 g/mol. The maximum atomic E-state index is 12.7. The van der Waals surface area contributed by atoms with Crippen molar-refractivity contribution in [2.75, 3.05) is 13.2 Å². The molecule has 0 aliphatic heterocycles. The molecule has 10 heteroatoms. The molecule has 2 N–H and O–H groups in total. The number of nitrogens with one attached hydrogen (secondary N) is 2. The van der Waals surface area contributed by atoms with Crippen LogP contribution >= 0.6 is 0 Å². The van der Waals surface area contributed by atoms with Crippen LogP contribution in [0.15, 0.2) is 118 Å². The first-order chi connectivity index (χ1) is 27.5. The molecule has 56 heavy (non-hydrogen) atoms. The van der Waals surface area contributed by atoms with E-state index in [1.54, 1.807) is 48.5 Å². The van der Waals surface area contributed by atoms with Gasteiger partial charge in [-0.25, -0.2) is 0 Å². The molecule has 0 aromatic heterocycles. The van der Waals surface area contributed by atoms with Gasteiger partial charge in [-0.1, -0.05) is 104 Å². The lowest BCUT2D eigenvalue weighted by Gasteiger charge is -2.08. The zero-order chi connectivity index (χ0) is 39.5. The molecule has 4 aromatic carbocycles. The van der Waals surface area contributed by atoms with E-state index in [0.717, 1.165) is 24.3 Å². The van der Waals surface area contributed by atoms with Crippen molar-refractivity contribution in [3.8, 4) is 11.5 Å². The quantitative estimate of drug-likeness (QED) is 0.0375. The topological polar surface area (TPSA) is 126 Å². The van der Waals surface area contributed by atoms with Gasteiger partial charge in [0.15, 0.2) is 0 Å². The molecule has 298 valence electrons. The summed E-state index contributed by atoms with van der Waals surface area (Å²) in [7, 11) is 0. The number of rotatable bonds is 26. The van der Waals surface area contributed by atoms with E-state index in [0.29, 0.717) is 47.1 Å². The van der Waals surface area contributed by atoms with Crippen molar-refractivity contribution < 1.29 is 19.1 Å². The second-order valence-corrected chi connectivity index (χ2v) is 14.0. The van der Waals surface area contributed by atoms with Crippen LogP contribution in [0.2, 0.25) is 0 Å². The third-order valence-corrected chi connectivity index (χ3v) is 9.32. The van der Waals surface area contributed by atoms with Gasteiger partial charge in [0.2, 0.25) is 0 Å². The lowest BCUT2D eigenvalue weighted by Crippen LogP contribution is -2.41. The average Bonchev–Trinajstić information content (AvgIpc) is 3.24. The van der Waals surface area contributed by atoms with Crippen LogP contribution in [0, 0.1) is 0 Å². The summed E-state index contributed by atoms with van der Waals surface area (Å²) in [5.41, 5.74) is 8.21. The van der Waals surface area contributed by atoms with E-state index in [9.17, 15) is 9.59 Å². The lowest BCUT2D eigenvalue weighted by atomic mass is 10.1. The van der Waals surface area contributed by atoms with Gasteiger partial charge in [0, 0.05) is 11.1 Å². The fraction of sp³-hybridized carbons (Fsp3) is 0.435. The van der Waals surface area contributed by atoms with Crippen LogP contribution < -0.4 is 20.3 Å². The first-order valence-electron chi connectivity index (χ1n) is 20.6. The van der Waals surface area contributed by atoms with Crippen LogP contribution in [-0.4, -0.2) is 25.0 Å². The molecule has 4 rings (SSSR count). The van der Waals surface area contributed by atoms with Crippen LogP contribution in [0.1, 0.15) is 137 Å². The first-order valence-corrected chi connectivity index (χ1v) is 20.6. The minimum atomic E-state index is -0.459. The van der Waals surface area contributed by atoms with E-state index < -0.39 is 11.8 Å². The molecule has 0 atom stereocenters. The highest BCUT2D eigenvalue weighted by molar-refractivity contribution is 5.99. The van der Waals surface area contributed by atoms with Gasteiger partial charge in [-0.05, 0) is 110 Å². The van der Waals surface area contributed by atoms with Gasteiger partial charge >= 0.3 is 0 Å². The molecule has 0 saturated carbocycles. The van der Waals surface area contributed by atoms with Gasteiger partial charge in [0.1, 0.15) is 11.5 Å². The number of hydrogen-bond donors (Lipinski definition) is 2. The number of unbranched alkanes of at least 4 members (excludes halogenated alkanes) is 14. The molecule has 0 heterocycles. The maximum absolute atomic E-state index is 12.7. The monoisotopic (exact) mass is 760 g/mol. The molecule has 0 radical (unpaired) electrons. The molecule has 0 bridgehead atoms. The van der Waals surface area contributed by atoms with E-state index in [1.165, 1.54) is 89.9 Å². The van der Waals surface area contributed by atoms with Crippen molar-refractivity contribution in [2.24, 2.45) is 20.5 Å². The molecule has 0 fully saturated rings. The van der Waals surface area contributed by atoms with Crippen LogP contribution in [0.3, 0.4) is 0 Å². The van der Waals surface area contributed by atoms with Crippen LogP contribution in [0.5, 0.6) is 11.5 Å². The molecule has 4 aromatic rings. The number of benzene rings is 4. The Labute approximate surface area is 333 Å². The van der Waals surface area contributed by atoms with E-state index in [1.807, 2.05) is 48.5 Å². The van der Waals surface area contributed by atoms with Crippen molar-refractivity contribution >= 4 is 34.6 Å². The highest BCUT2D eigenvalue weighted by atomic mass is 16.5. The van der Waals surface area contributed by atoms with E-state index in [2.05, 4.69) is 45.2 Å². The number of carbonyl (C=O) groups is 2. The summed E-state index contributed by atoms with van der Waals surface area (Å²) in [6.07, 6.45) is 20.3. The molecule has 0 aliphatic carbocycles. The third kappa shape index (κ3) is 17.4. The second kappa shape index (κ2) is 26.4. The molecule has 0 saturated heterocycles. The minimum Gasteiger partial charge on any atom is -0.494 e. The summed E-state index contributed by atoms with van der Waals surface area (Å²) in [5, 5.41) is 17.1. The summed E-state index contributed by atoms with van der Waals surface area (Å²) in [6, 6.07) is 28.3. The normalized spacial score (nSPS) is 11.2. The van der Waals surface area contributed by atoms with Crippen molar-refractivity contribution in [3.05, 3.63) is 108 Å². The Morgan fingerprint density at radius 2 is 0.661 bits per heavy atom. The molecular formula is C46H60N6O4. The number of hydrazine groups is 1. The van der Waals surface area contributed by atoms with Gasteiger partial charge in [0.05, 0.1) is 36.0 Å². The van der Waals surface area contributed by atoms with Gasteiger partial charge in [-0.3, -0.25) is 20.4 Å². The first kappa shape index (κ1) is 43.3. The van der Waals surface area contributed by atoms with Crippen molar-refractivity contribution in [3.63, 3.8) is 0 Å². The molecule has 0 aliphatic rings. The summed E-state index contributed by atoms with van der Waals surface area (Å²) in [6.45, 7) is 5.92. The smallest absolute Gasteiger partial charge is 0.269 e. The number of ether oxygens (including phenoxy) is 2. The van der Waals surface area contributed by atoms with E-state index in [-0.39, 0.29) is 0 Å². The Balaban J connectivity index is 1.11. The Kier molecular flexibility index (Phi) is 20.5. The summed E-state index contributed by atoms with van der Waals surface area (Å²) in [5.74, 6) is 0.722. The van der Waals surface area contributed by atoms with Crippen molar-refractivity contribution in [2.45, 2.75) is 117 Å². The van der Waals surface area contributed by atoms with Crippen LogP contribution in [-0.2, 0) is 0 Å². The van der Waals surface area contributed by atoms with Gasteiger partial charge in [-0.15, -0.1) is 0 Å². The number of hydrogen-bond acceptors (Lipinski definition) is 8. The number of carbonyl (C=O) groups excluding carboxylic acids is 2. The summed E-state index contributed by atoms with van der Waals surface area (Å²) < 4.78 is 11.7. The Bertz CT molecular complexity index is 1610. The van der Waals surface area contributed by atoms with Crippen LogP contribution in [0.25, 0.3) is 0 Å². The Morgan fingerprint density at radius 3 is 0.964 bits per heavy atom. The van der Waals surface area contributed by atoms with Crippen molar-refractivity contribution in [1.82, 2.24) is 10.9 Å². The fourth-order valence-electron chi connectivity index (χ4n) is 5.92.